The van der Waals surface area contributed by atoms with Gasteiger partial charge in [0.15, 0.2) is 0 Å². The normalized spacial score (nSPS) is 18.3. The molecule has 4 rings (SSSR count). The molecule has 0 bridgehead atoms. The number of nitrogens with zero attached hydrogens (tertiary/aromatic N) is 4. The molecule has 1 saturated heterocycles. The minimum absolute atomic E-state index is 0.0437. The highest BCUT2D eigenvalue weighted by Crippen LogP contribution is 2.22. The fraction of sp³-hybridized carbons (Fsp3) is 0.467. The van der Waals surface area contributed by atoms with Crippen LogP contribution in [0.15, 0.2) is 60.9 Å². The number of aryl methyl sites for hydroxylation is 3. The van der Waals surface area contributed by atoms with Gasteiger partial charge < -0.3 is 24.0 Å². The molecule has 1 fully saturated rings. The van der Waals surface area contributed by atoms with E-state index in [1.165, 1.54) is 0 Å². The van der Waals surface area contributed by atoms with Crippen LogP contribution in [0.25, 0.3) is 0 Å². The molecule has 1 atom stereocenters. The first-order chi connectivity index (χ1) is 18.3. The molecule has 1 aromatic heterocycles. The van der Waals surface area contributed by atoms with Crippen molar-refractivity contribution in [1.29, 1.82) is 0 Å². The van der Waals surface area contributed by atoms with E-state index in [1.807, 2.05) is 55.7 Å². The minimum atomic E-state index is -1.19. The first kappa shape index (κ1) is 27.7. The van der Waals surface area contributed by atoms with Gasteiger partial charge in [0.05, 0.1) is 13.2 Å². The Balaban J connectivity index is 1.35. The van der Waals surface area contributed by atoms with Crippen molar-refractivity contribution in [2.75, 3.05) is 39.4 Å². The molecule has 1 aliphatic heterocycles. The molecule has 0 aliphatic carbocycles. The Hall–Kier alpha value is -3.36. The van der Waals surface area contributed by atoms with Crippen molar-refractivity contribution < 1.29 is 19.4 Å². The van der Waals surface area contributed by atoms with E-state index in [0.717, 1.165) is 42.1 Å². The maximum Gasteiger partial charge on any atom is 0.219 e. The highest BCUT2D eigenvalue weighted by Gasteiger charge is 2.36. The molecule has 1 aliphatic rings. The molecule has 0 saturated carbocycles. The molecule has 1 amide bonds. The van der Waals surface area contributed by atoms with Crippen LogP contribution in [0.2, 0.25) is 0 Å². The molecule has 0 radical (unpaired) electrons. The number of aliphatic hydroxyl groups is 1. The lowest BCUT2D eigenvalue weighted by molar-refractivity contribution is -0.132. The summed E-state index contributed by atoms with van der Waals surface area (Å²) in [6.45, 7) is 9.81. The van der Waals surface area contributed by atoms with Crippen LogP contribution in [0.4, 0.5) is 0 Å². The van der Waals surface area contributed by atoms with E-state index in [1.54, 1.807) is 11.8 Å². The second-order valence-corrected chi connectivity index (χ2v) is 10.2. The Labute approximate surface area is 225 Å². The molecule has 38 heavy (non-hydrogen) atoms. The smallest absolute Gasteiger partial charge is 0.219 e. The van der Waals surface area contributed by atoms with Crippen molar-refractivity contribution >= 4 is 5.91 Å². The largest absolute Gasteiger partial charge is 0.494 e. The number of benzene rings is 2. The van der Waals surface area contributed by atoms with Crippen LogP contribution in [0.3, 0.4) is 0 Å². The lowest BCUT2D eigenvalue weighted by Crippen LogP contribution is -2.51. The van der Waals surface area contributed by atoms with Crippen molar-refractivity contribution in [3.63, 3.8) is 0 Å². The van der Waals surface area contributed by atoms with Gasteiger partial charge >= 0.3 is 0 Å². The third-order valence-corrected chi connectivity index (χ3v) is 6.90. The summed E-state index contributed by atoms with van der Waals surface area (Å²) >= 11 is 0. The lowest BCUT2D eigenvalue weighted by Gasteiger charge is -2.32. The van der Waals surface area contributed by atoms with Crippen molar-refractivity contribution in [2.24, 2.45) is 0 Å². The van der Waals surface area contributed by atoms with Gasteiger partial charge in [-0.3, -0.25) is 9.69 Å². The van der Waals surface area contributed by atoms with E-state index in [-0.39, 0.29) is 19.1 Å². The predicted molar refractivity (Wildman–Crippen MR) is 147 cm³/mol. The van der Waals surface area contributed by atoms with E-state index in [9.17, 15) is 9.90 Å². The summed E-state index contributed by atoms with van der Waals surface area (Å²) in [5.41, 5.74) is 1.06. The first-order valence-corrected chi connectivity index (χ1v) is 13.4. The van der Waals surface area contributed by atoms with Gasteiger partial charge in [-0.25, -0.2) is 4.98 Å². The monoisotopic (exact) mass is 520 g/mol. The topological polar surface area (TPSA) is 80.1 Å². The Morgan fingerprint density at radius 2 is 1.89 bits per heavy atom. The Morgan fingerprint density at radius 1 is 1.08 bits per heavy atom. The zero-order valence-corrected chi connectivity index (χ0v) is 22.8. The second-order valence-electron chi connectivity index (χ2n) is 10.2. The lowest BCUT2D eigenvalue weighted by atomic mass is 10.0. The standard InChI is InChI=1S/C30H40N4O4/c1-4-29-31-13-15-33(29)14-6-18-37-28-8-5-7-26(19-28)20-32-16-17-34(25(3)35)22-30(36,21-32)23-38-27-11-9-24(2)10-12-27/h5,7-13,15,19,36H,4,6,14,16-18,20-23H2,1-3H3. The van der Waals surface area contributed by atoms with Crippen molar-refractivity contribution in [2.45, 2.75) is 52.3 Å². The molecule has 204 valence electrons. The third-order valence-electron chi connectivity index (χ3n) is 6.90. The van der Waals surface area contributed by atoms with Gasteiger partial charge in [-0.05, 0) is 43.2 Å². The van der Waals surface area contributed by atoms with Gasteiger partial charge in [-0.15, -0.1) is 0 Å². The molecule has 2 aromatic carbocycles. The van der Waals surface area contributed by atoms with Gasteiger partial charge in [0.25, 0.3) is 0 Å². The molecular weight excluding hydrogens is 480 g/mol. The summed E-state index contributed by atoms with van der Waals surface area (Å²) in [5, 5.41) is 11.6. The van der Waals surface area contributed by atoms with Gasteiger partial charge in [-0.1, -0.05) is 36.8 Å². The quantitative estimate of drug-likeness (QED) is 0.389. The summed E-state index contributed by atoms with van der Waals surface area (Å²) in [6, 6.07) is 15.9. The van der Waals surface area contributed by atoms with E-state index in [0.29, 0.717) is 38.5 Å². The third kappa shape index (κ3) is 7.82. The number of β-amino-alcohol motifs (C(OH)–C–C–N with tert-alkyl or cyclic N) is 1. The fourth-order valence-corrected chi connectivity index (χ4v) is 4.86. The molecule has 3 aromatic rings. The van der Waals surface area contributed by atoms with Crippen LogP contribution in [-0.2, 0) is 24.3 Å². The molecule has 1 N–H and O–H groups in total. The molecule has 8 nitrogen and oxygen atoms in total. The maximum atomic E-state index is 12.2. The fourth-order valence-electron chi connectivity index (χ4n) is 4.86. The maximum absolute atomic E-state index is 12.2. The van der Waals surface area contributed by atoms with E-state index in [2.05, 4.69) is 33.5 Å². The van der Waals surface area contributed by atoms with Crippen LogP contribution < -0.4 is 9.47 Å². The summed E-state index contributed by atoms with van der Waals surface area (Å²) < 4.78 is 14.2. The zero-order valence-electron chi connectivity index (χ0n) is 22.8. The van der Waals surface area contributed by atoms with Gasteiger partial charge in [0.1, 0.15) is 29.5 Å². The number of amides is 1. The van der Waals surface area contributed by atoms with E-state index in [4.69, 9.17) is 9.47 Å². The highest BCUT2D eigenvalue weighted by atomic mass is 16.5. The Bertz CT molecular complexity index is 1180. The highest BCUT2D eigenvalue weighted by molar-refractivity contribution is 5.73. The number of carbonyl (C=O) groups is 1. The number of hydrogen-bond donors (Lipinski definition) is 1. The van der Waals surface area contributed by atoms with Crippen molar-refractivity contribution in [3.8, 4) is 11.5 Å². The number of ether oxygens (including phenoxy) is 2. The number of rotatable bonds is 11. The molecule has 1 unspecified atom stereocenters. The van der Waals surface area contributed by atoms with Gasteiger partial charge in [0.2, 0.25) is 5.91 Å². The average Bonchev–Trinajstić information content (AvgIpc) is 3.29. The Morgan fingerprint density at radius 3 is 2.66 bits per heavy atom. The van der Waals surface area contributed by atoms with Crippen LogP contribution in [0, 0.1) is 6.92 Å². The molecule has 0 spiro atoms. The van der Waals surface area contributed by atoms with Crippen LogP contribution >= 0.6 is 0 Å². The second kappa shape index (κ2) is 12.9. The number of carbonyl (C=O) groups excluding carboxylic acids is 1. The Kier molecular flexibility index (Phi) is 9.42. The zero-order chi connectivity index (χ0) is 27.0. The van der Waals surface area contributed by atoms with E-state index < -0.39 is 5.60 Å². The van der Waals surface area contributed by atoms with Crippen molar-refractivity contribution in [3.05, 3.63) is 77.9 Å². The number of aromatic nitrogens is 2. The van der Waals surface area contributed by atoms with Crippen molar-refractivity contribution in [1.82, 2.24) is 19.4 Å². The van der Waals surface area contributed by atoms with Crippen LogP contribution in [0.1, 0.15) is 37.2 Å². The van der Waals surface area contributed by atoms with Crippen LogP contribution in [-0.4, -0.2) is 75.4 Å². The minimum Gasteiger partial charge on any atom is -0.494 e. The molecule has 8 heteroatoms. The van der Waals surface area contributed by atoms with Gasteiger partial charge in [0, 0.05) is 58.5 Å². The molecule has 2 heterocycles. The average molecular weight is 521 g/mol. The van der Waals surface area contributed by atoms with Crippen LogP contribution in [0.5, 0.6) is 11.5 Å². The molecular formula is C30H40N4O4. The summed E-state index contributed by atoms with van der Waals surface area (Å²) in [6.07, 6.45) is 5.68. The SMILES string of the molecule is CCc1nccn1CCCOc1cccc(CN2CCN(C(C)=O)CC(O)(COc3ccc(C)cc3)C2)c1. The number of imidazole rings is 1. The predicted octanol–water partition coefficient (Wildman–Crippen LogP) is 3.70. The number of hydrogen-bond acceptors (Lipinski definition) is 6. The van der Waals surface area contributed by atoms with E-state index >= 15 is 0 Å². The summed E-state index contributed by atoms with van der Waals surface area (Å²) in [4.78, 5) is 20.5. The first-order valence-electron chi connectivity index (χ1n) is 13.4. The summed E-state index contributed by atoms with van der Waals surface area (Å²) in [5.74, 6) is 2.59. The summed E-state index contributed by atoms with van der Waals surface area (Å²) in [7, 11) is 0. The van der Waals surface area contributed by atoms with Gasteiger partial charge in [-0.2, -0.15) is 0 Å².